The highest BCUT2D eigenvalue weighted by atomic mass is 35.5. The van der Waals surface area contributed by atoms with Crippen LogP contribution in [0.15, 0.2) is 18.2 Å². The third-order valence-electron chi connectivity index (χ3n) is 3.09. The molecule has 0 radical (unpaired) electrons. The number of hydrogen-bond acceptors (Lipinski definition) is 4. The summed E-state index contributed by atoms with van der Waals surface area (Å²) in [5, 5.41) is 3.82. The summed E-state index contributed by atoms with van der Waals surface area (Å²) in [4.78, 5) is 17.5. The Hall–Kier alpha value is -1.49. The van der Waals surface area contributed by atoms with Gasteiger partial charge in [-0.1, -0.05) is 17.7 Å². The molecule has 1 aliphatic rings. The fourth-order valence-corrected chi connectivity index (χ4v) is 2.28. The van der Waals surface area contributed by atoms with Gasteiger partial charge in [0.15, 0.2) is 0 Å². The molecule has 1 aromatic heterocycles. The number of rotatable bonds is 3. The molecule has 0 bridgehead atoms. The number of aromatic nitrogens is 1. The van der Waals surface area contributed by atoms with Crippen molar-refractivity contribution in [3.05, 3.63) is 23.4 Å². The van der Waals surface area contributed by atoms with Crippen molar-refractivity contribution in [2.45, 2.75) is 25.8 Å². The molecule has 1 saturated heterocycles. The lowest BCUT2D eigenvalue weighted by Gasteiger charge is -2.31. The Labute approximate surface area is 117 Å². The highest BCUT2D eigenvalue weighted by Gasteiger charge is 2.23. The van der Waals surface area contributed by atoms with Crippen molar-refractivity contribution < 1.29 is 9.53 Å². The number of ether oxygens (including phenoxy) is 1. The second-order valence-electron chi connectivity index (χ2n) is 4.45. The molecule has 0 aliphatic carbocycles. The summed E-state index contributed by atoms with van der Waals surface area (Å²) in [6.07, 6.45) is 1.54. The molecule has 0 atom stereocenters. The Balaban J connectivity index is 1.82. The highest BCUT2D eigenvalue weighted by molar-refractivity contribution is 6.29. The number of hydrogen-bond donors (Lipinski definition) is 1. The molecule has 0 saturated carbocycles. The van der Waals surface area contributed by atoms with Crippen molar-refractivity contribution in [3.63, 3.8) is 0 Å². The first-order chi connectivity index (χ1) is 9.19. The maximum atomic E-state index is 11.6. The van der Waals surface area contributed by atoms with Gasteiger partial charge in [0.1, 0.15) is 11.0 Å². The number of nitrogens with one attached hydrogen (secondary N) is 1. The van der Waals surface area contributed by atoms with Crippen LogP contribution < -0.4 is 5.32 Å². The zero-order valence-electron chi connectivity index (χ0n) is 10.9. The predicted octanol–water partition coefficient (Wildman–Crippen LogP) is 2.77. The van der Waals surface area contributed by atoms with E-state index in [9.17, 15) is 4.79 Å². The second-order valence-corrected chi connectivity index (χ2v) is 4.84. The Morgan fingerprint density at radius 2 is 2.26 bits per heavy atom. The quantitative estimate of drug-likeness (QED) is 0.867. The highest BCUT2D eigenvalue weighted by Crippen LogP contribution is 2.17. The molecule has 2 heterocycles. The van der Waals surface area contributed by atoms with Gasteiger partial charge >= 0.3 is 6.09 Å². The summed E-state index contributed by atoms with van der Waals surface area (Å²) in [5.41, 5.74) is 0. The fourth-order valence-electron chi connectivity index (χ4n) is 2.12. The molecule has 5 nitrogen and oxygen atoms in total. The van der Waals surface area contributed by atoms with E-state index in [4.69, 9.17) is 16.3 Å². The molecular formula is C13H18ClN3O2. The van der Waals surface area contributed by atoms with Gasteiger partial charge in [-0.2, -0.15) is 0 Å². The Bertz CT molecular complexity index is 434. The lowest BCUT2D eigenvalue weighted by molar-refractivity contribution is 0.0983. The predicted molar refractivity (Wildman–Crippen MR) is 74.5 cm³/mol. The van der Waals surface area contributed by atoms with Crippen molar-refractivity contribution >= 4 is 23.5 Å². The van der Waals surface area contributed by atoms with E-state index in [2.05, 4.69) is 10.3 Å². The molecule has 1 amide bonds. The topological polar surface area (TPSA) is 54.5 Å². The molecule has 0 unspecified atom stereocenters. The van der Waals surface area contributed by atoms with Crippen LogP contribution in [0.5, 0.6) is 0 Å². The van der Waals surface area contributed by atoms with Gasteiger partial charge in [-0.25, -0.2) is 9.78 Å². The lowest BCUT2D eigenvalue weighted by Crippen LogP contribution is -2.42. The maximum Gasteiger partial charge on any atom is 0.409 e. The molecule has 1 N–H and O–H groups in total. The van der Waals surface area contributed by atoms with Crippen LogP contribution in [0.4, 0.5) is 10.6 Å². The summed E-state index contributed by atoms with van der Waals surface area (Å²) in [6, 6.07) is 5.82. The number of halogens is 1. The standard InChI is InChI=1S/C13H18ClN3O2/c1-2-19-13(18)17-8-6-10(7-9-17)15-12-5-3-4-11(14)16-12/h3-5,10H,2,6-9H2,1H3,(H,15,16). The Kier molecular flexibility index (Phi) is 4.85. The third-order valence-corrected chi connectivity index (χ3v) is 3.30. The molecule has 104 valence electrons. The molecule has 6 heteroatoms. The third kappa shape index (κ3) is 3.99. The maximum absolute atomic E-state index is 11.6. The molecule has 2 rings (SSSR count). The molecule has 1 aliphatic heterocycles. The number of pyridine rings is 1. The zero-order chi connectivity index (χ0) is 13.7. The largest absolute Gasteiger partial charge is 0.450 e. The molecule has 1 aromatic rings. The number of carbonyl (C=O) groups excluding carboxylic acids is 1. The van der Waals surface area contributed by atoms with E-state index in [1.807, 2.05) is 19.1 Å². The Morgan fingerprint density at radius 1 is 1.53 bits per heavy atom. The van der Waals surface area contributed by atoms with Crippen molar-refractivity contribution in [2.75, 3.05) is 25.0 Å². The molecular weight excluding hydrogens is 266 g/mol. The number of anilines is 1. The van der Waals surface area contributed by atoms with Crippen molar-refractivity contribution in [1.29, 1.82) is 0 Å². The van der Waals surface area contributed by atoms with E-state index >= 15 is 0 Å². The monoisotopic (exact) mass is 283 g/mol. The minimum atomic E-state index is -0.221. The molecule has 0 aromatic carbocycles. The van der Waals surface area contributed by atoms with Gasteiger partial charge in [-0.3, -0.25) is 0 Å². The second kappa shape index (κ2) is 6.61. The number of carbonyl (C=O) groups is 1. The van der Waals surface area contributed by atoms with Gasteiger partial charge in [0.05, 0.1) is 6.61 Å². The summed E-state index contributed by atoms with van der Waals surface area (Å²) in [5.74, 6) is 0.780. The molecule has 0 spiro atoms. The van der Waals surface area contributed by atoms with E-state index in [1.165, 1.54) is 0 Å². The summed E-state index contributed by atoms with van der Waals surface area (Å²) in [7, 11) is 0. The van der Waals surface area contributed by atoms with Gasteiger partial charge in [-0.05, 0) is 31.9 Å². The number of amides is 1. The normalized spacial score (nSPS) is 16.2. The average molecular weight is 284 g/mol. The summed E-state index contributed by atoms with van der Waals surface area (Å²) >= 11 is 5.84. The first-order valence-corrected chi connectivity index (χ1v) is 6.87. The van der Waals surface area contributed by atoms with Crippen LogP contribution in [0.2, 0.25) is 5.15 Å². The zero-order valence-corrected chi connectivity index (χ0v) is 11.7. The van der Waals surface area contributed by atoms with Gasteiger partial charge < -0.3 is 15.0 Å². The van der Waals surface area contributed by atoms with Gasteiger partial charge in [-0.15, -0.1) is 0 Å². The van der Waals surface area contributed by atoms with E-state index in [-0.39, 0.29) is 6.09 Å². The van der Waals surface area contributed by atoms with Crippen LogP contribution in [0, 0.1) is 0 Å². The number of likely N-dealkylation sites (tertiary alicyclic amines) is 1. The van der Waals surface area contributed by atoms with Crippen LogP contribution >= 0.6 is 11.6 Å². The van der Waals surface area contributed by atoms with Crippen molar-refractivity contribution in [1.82, 2.24) is 9.88 Å². The average Bonchev–Trinajstić information content (AvgIpc) is 2.40. The van der Waals surface area contributed by atoms with Gasteiger partial charge in [0.2, 0.25) is 0 Å². The first kappa shape index (κ1) is 13.9. The molecule has 19 heavy (non-hydrogen) atoms. The van der Waals surface area contributed by atoms with Crippen LogP contribution in [0.1, 0.15) is 19.8 Å². The van der Waals surface area contributed by atoms with Crippen molar-refractivity contribution in [3.8, 4) is 0 Å². The fraction of sp³-hybridized carbons (Fsp3) is 0.538. The van der Waals surface area contributed by atoms with E-state index in [0.717, 1.165) is 18.7 Å². The van der Waals surface area contributed by atoms with Crippen LogP contribution in [-0.4, -0.2) is 41.7 Å². The van der Waals surface area contributed by atoms with E-state index < -0.39 is 0 Å². The molecule has 1 fully saturated rings. The van der Waals surface area contributed by atoms with Crippen molar-refractivity contribution in [2.24, 2.45) is 0 Å². The minimum absolute atomic E-state index is 0.221. The van der Waals surface area contributed by atoms with Crippen LogP contribution in [-0.2, 0) is 4.74 Å². The van der Waals surface area contributed by atoms with Crippen LogP contribution in [0.3, 0.4) is 0 Å². The number of piperidine rings is 1. The minimum Gasteiger partial charge on any atom is -0.450 e. The van der Waals surface area contributed by atoms with Gasteiger partial charge in [0.25, 0.3) is 0 Å². The lowest BCUT2D eigenvalue weighted by atomic mass is 10.1. The van der Waals surface area contributed by atoms with E-state index in [0.29, 0.717) is 30.9 Å². The number of nitrogens with zero attached hydrogens (tertiary/aromatic N) is 2. The summed E-state index contributed by atoms with van der Waals surface area (Å²) in [6.45, 7) is 3.65. The SMILES string of the molecule is CCOC(=O)N1CCC(Nc2cccc(Cl)n2)CC1. The first-order valence-electron chi connectivity index (χ1n) is 6.50. The smallest absolute Gasteiger partial charge is 0.409 e. The van der Waals surface area contributed by atoms with Gasteiger partial charge in [0, 0.05) is 19.1 Å². The Morgan fingerprint density at radius 3 is 2.89 bits per heavy atom. The van der Waals surface area contributed by atoms with Crippen LogP contribution in [0.25, 0.3) is 0 Å². The summed E-state index contributed by atoms with van der Waals surface area (Å²) < 4.78 is 4.99. The van der Waals surface area contributed by atoms with E-state index in [1.54, 1.807) is 11.0 Å².